The van der Waals surface area contributed by atoms with Crippen LogP contribution in [-0.2, 0) is 11.2 Å². The molecule has 0 bridgehead atoms. The van der Waals surface area contributed by atoms with Gasteiger partial charge in [-0.05, 0) is 38.3 Å². The molecule has 0 aliphatic rings. The Labute approximate surface area is 138 Å². The van der Waals surface area contributed by atoms with Gasteiger partial charge in [-0.1, -0.05) is 13.3 Å². The molecule has 0 saturated heterocycles. The minimum Gasteiger partial charge on any atom is -0.507 e. The summed E-state index contributed by atoms with van der Waals surface area (Å²) in [7, 11) is 3.49. The molecule has 1 aromatic carbocycles. The Morgan fingerprint density at radius 2 is 1.91 bits per heavy atom. The van der Waals surface area contributed by atoms with E-state index in [0.29, 0.717) is 36.3 Å². The number of benzene rings is 1. The topological polar surface area (TPSA) is 66.8 Å². The van der Waals surface area contributed by atoms with E-state index >= 15 is 0 Å². The maximum atomic E-state index is 11.5. The van der Waals surface area contributed by atoms with Crippen LogP contribution in [0.15, 0.2) is 12.1 Å². The van der Waals surface area contributed by atoms with E-state index in [1.807, 2.05) is 6.92 Å². The molecule has 1 amide bonds. The van der Waals surface area contributed by atoms with Crippen LogP contribution < -0.4 is 4.74 Å². The maximum Gasteiger partial charge on any atom is 0.222 e. The van der Waals surface area contributed by atoms with Gasteiger partial charge in [0.1, 0.15) is 11.5 Å². The number of phenolic OH excluding ortho intramolecular Hbond substituents is 1. The zero-order valence-electron chi connectivity index (χ0n) is 14.5. The number of aromatic hydroxyl groups is 1. The van der Waals surface area contributed by atoms with Gasteiger partial charge < -0.3 is 14.7 Å². The molecule has 0 radical (unpaired) electrons. The van der Waals surface area contributed by atoms with Crippen molar-refractivity contribution in [2.24, 2.45) is 0 Å². The SMILES string of the molecule is CCCc1c(OCCCCC(=O)N(C)C)ccc(C(C)=O)c1O. The number of amides is 1. The lowest BCUT2D eigenvalue weighted by Gasteiger charge is -2.15. The molecule has 0 aromatic heterocycles. The molecular weight excluding hydrogens is 294 g/mol. The molecule has 0 aliphatic carbocycles. The molecule has 0 heterocycles. The van der Waals surface area contributed by atoms with Crippen molar-refractivity contribution in [3.8, 4) is 11.5 Å². The van der Waals surface area contributed by atoms with Crippen molar-refractivity contribution in [1.82, 2.24) is 4.90 Å². The average Bonchev–Trinajstić information content (AvgIpc) is 2.49. The number of phenols is 1. The molecule has 5 nitrogen and oxygen atoms in total. The number of rotatable bonds is 9. The van der Waals surface area contributed by atoms with E-state index in [1.165, 1.54) is 6.92 Å². The highest BCUT2D eigenvalue weighted by atomic mass is 16.5. The highest BCUT2D eigenvalue weighted by Crippen LogP contribution is 2.33. The van der Waals surface area contributed by atoms with Crippen LogP contribution in [0, 0.1) is 0 Å². The molecule has 0 atom stereocenters. The van der Waals surface area contributed by atoms with Crippen LogP contribution in [0.3, 0.4) is 0 Å². The molecule has 0 aliphatic heterocycles. The minimum atomic E-state index is -0.159. The molecular formula is C18H27NO4. The van der Waals surface area contributed by atoms with Crippen molar-refractivity contribution in [3.63, 3.8) is 0 Å². The first-order valence-corrected chi connectivity index (χ1v) is 8.07. The summed E-state index contributed by atoms with van der Waals surface area (Å²) in [5.41, 5.74) is 1.02. The van der Waals surface area contributed by atoms with Crippen LogP contribution >= 0.6 is 0 Å². The van der Waals surface area contributed by atoms with Gasteiger partial charge in [-0.15, -0.1) is 0 Å². The summed E-state index contributed by atoms with van der Waals surface area (Å²) >= 11 is 0. The molecule has 0 unspecified atom stereocenters. The fourth-order valence-corrected chi connectivity index (χ4v) is 2.31. The molecule has 23 heavy (non-hydrogen) atoms. The zero-order valence-corrected chi connectivity index (χ0v) is 14.5. The Kier molecular flexibility index (Phi) is 7.59. The first kappa shape index (κ1) is 19.0. The summed E-state index contributed by atoms with van der Waals surface area (Å²) in [6.07, 6.45) is 3.54. The van der Waals surface area contributed by atoms with Gasteiger partial charge in [0, 0.05) is 26.1 Å². The molecule has 128 valence electrons. The Balaban J connectivity index is 2.64. The van der Waals surface area contributed by atoms with E-state index in [0.717, 1.165) is 19.3 Å². The normalized spacial score (nSPS) is 10.4. The lowest BCUT2D eigenvalue weighted by atomic mass is 10.0. The van der Waals surface area contributed by atoms with E-state index in [1.54, 1.807) is 31.1 Å². The Morgan fingerprint density at radius 1 is 1.22 bits per heavy atom. The predicted octanol–water partition coefficient (Wildman–Crippen LogP) is 3.18. The van der Waals surface area contributed by atoms with Crippen LogP contribution in [-0.4, -0.2) is 42.4 Å². The highest BCUT2D eigenvalue weighted by molar-refractivity contribution is 5.97. The van der Waals surface area contributed by atoms with Gasteiger partial charge in [-0.25, -0.2) is 0 Å². The third kappa shape index (κ3) is 5.58. The number of Topliss-reactive ketones (excluding diaryl/α,β-unsaturated/α-hetero) is 1. The lowest BCUT2D eigenvalue weighted by molar-refractivity contribution is -0.128. The largest absolute Gasteiger partial charge is 0.507 e. The molecule has 5 heteroatoms. The van der Waals surface area contributed by atoms with Crippen molar-refractivity contribution in [3.05, 3.63) is 23.3 Å². The van der Waals surface area contributed by atoms with E-state index < -0.39 is 0 Å². The van der Waals surface area contributed by atoms with Crippen molar-refractivity contribution in [2.45, 2.75) is 46.0 Å². The second kappa shape index (κ2) is 9.18. The third-order valence-corrected chi connectivity index (χ3v) is 3.66. The zero-order chi connectivity index (χ0) is 17.4. The predicted molar refractivity (Wildman–Crippen MR) is 90.1 cm³/mol. The van der Waals surface area contributed by atoms with E-state index in [4.69, 9.17) is 4.74 Å². The average molecular weight is 321 g/mol. The number of ether oxygens (including phenoxy) is 1. The lowest BCUT2D eigenvalue weighted by Crippen LogP contribution is -2.21. The van der Waals surface area contributed by atoms with E-state index in [2.05, 4.69) is 0 Å². The molecule has 1 rings (SSSR count). The van der Waals surface area contributed by atoms with Crippen LogP contribution in [0.2, 0.25) is 0 Å². The summed E-state index contributed by atoms with van der Waals surface area (Å²) in [6, 6.07) is 3.34. The molecule has 0 saturated carbocycles. The van der Waals surface area contributed by atoms with Crippen LogP contribution in [0.5, 0.6) is 11.5 Å². The summed E-state index contributed by atoms with van der Waals surface area (Å²) in [5, 5.41) is 10.3. The molecule has 1 N–H and O–H groups in total. The Morgan fingerprint density at radius 3 is 2.48 bits per heavy atom. The first-order valence-electron chi connectivity index (χ1n) is 8.07. The van der Waals surface area contributed by atoms with Crippen molar-refractivity contribution in [2.75, 3.05) is 20.7 Å². The van der Waals surface area contributed by atoms with Crippen molar-refractivity contribution >= 4 is 11.7 Å². The van der Waals surface area contributed by atoms with Gasteiger partial charge in [0.15, 0.2) is 5.78 Å². The fourth-order valence-electron chi connectivity index (χ4n) is 2.31. The number of ketones is 1. The number of carbonyl (C=O) groups is 2. The smallest absolute Gasteiger partial charge is 0.222 e. The Hall–Kier alpha value is -2.04. The standard InChI is InChI=1S/C18H27NO4/c1-5-8-15-16(11-10-14(13(2)20)18(15)22)23-12-7-6-9-17(21)19(3)4/h10-11,22H,5-9,12H2,1-4H3. The Bertz CT molecular complexity index is 552. The second-order valence-corrected chi connectivity index (χ2v) is 5.84. The summed E-state index contributed by atoms with van der Waals surface area (Å²) in [6.45, 7) is 3.93. The van der Waals surface area contributed by atoms with Gasteiger partial charge in [-0.2, -0.15) is 0 Å². The number of hydrogen-bond donors (Lipinski definition) is 1. The van der Waals surface area contributed by atoms with Crippen LogP contribution in [0.25, 0.3) is 0 Å². The third-order valence-electron chi connectivity index (χ3n) is 3.66. The summed E-state index contributed by atoms with van der Waals surface area (Å²) < 4.78 is 5.75. The van der Waals surface area contributed by atoms with Crippen LogP contribution in [0.1, 0.15) is 55.5 Å². The summed E-state index contributed by atoms with van der Waals surface area (Å²) in [5.74, 6) is 0.599. The quantitative estimate of drug-likeness (QED) is 0.560. The molecule has 0 fully saturated rings. The van der Waals surface area contributed by atoms with Crippen molar-refractivity contribution in [1.29, 1.82) is 0 Å². The molecule has 0 spiro atoms. The number of nitrogens with zero attached hydrogens (tertiary/aromatic N) is 1. The fraction of sp³-hybridized carbons (Fsp3) is 0.556. The minimum absolute atomic E-state index is 0.0274. The van der Waals surface area contributed by atoms with Gasteiger partial charge in [0.2, 0.25) is 5.91 Å². The van der Waals surface area contributed by atoms with Gasteiger partial charge in [-0.3, -0.25) is 9.59 Å². The van der Waals surface area contributed by atoms with Gasteiger partial charge in [0.05, 0.1) is 12.2 Å². The number of unbranched alkanes of at least 4 members (excludes halogenated alkanes) is 1. The number of carbonyl (C=O) groups excluding carboxylic acids is 2. The number of hydrogen-bond acceptors (Lipinski definition) is 4. The molecule has 1 aromatic rings. The van der Waals surface area contributed by atoms with Gasteiger partial charge >= 0.3 is 0 Å². The van der Waals surface area contributed by atoms with E-state index in [9.17, 15) is 14.7 Å². The first-order chi connectivity index (χ1) is 10.9. The highest BCUT2D eigenvalue weighted by Gasteiger charge is 2.15. The van der Waals surface area contributed by atoms with Crippen molar-refractivity contribution < 1.29 is 19.4 Å². The van der Waals surface area contributed by atoms with E-state index in [-0.39, 0.29) is 17.4 Å². The summed E-state index contributed by atoms with van der Waals surface area (Å²) in [4.78, 5) is 24.6. The monoisotopic (exact) mass is 321 g/mol. The van der Waals surface area contributed by atoms with Gasteiger partial charge in [0.25, 0.3) is 0 Å². The maximum absolute atomic E-state index is 11.5. The second-order valence-electron chi connectivity index (χ2n) is 5.84. The van der Waals surface area contributed by atoms with Crippen LogP contribution in [0.4, 0.5) is 0 Å².